The van der Waals surface area contributed by atoms with E-state index in [1.54, 1.807) is 51.1 Å². The quantitative estimate of drug-likeness (QED) is 0.474. The van der Waals surface area contributed by atoms with Crippen molar-refractivity contribution >= 4 is 23.5 Å². The van der Waals surface area contributed by atoms with Gasteiger partial charge in [0.2, 0.25) is 0 Å². The fraction of sp³-hybridized carbons (Fsp3) is 0.412. The molecule has 0 radical (unpaired) electrons. The summed E-state index contributed by atoms with van der Waals surface area (Å²) in [7, 11) is 0. The van der Waals surface area contributed by atoms with Gasteiger partial charge in [-0.15, -0.1) is 0 Å². The molecule has 0 fully saturated rings. The van der Waals surface area contributed by atoms with Crippen molar-refractivity contribution in [2.45, 2.75) is 34.1 Å². The van der Waals surface area contributed by atoms with Gasteiger partial charge in [-0.1, -0.05) is 51.1 Å². The van der Waals surface area contributed by atoms with Gasteiger partial charge in [0.15, 0.2) is 5.78 Å². The minimum Gasteiger partial charge on any atom is -0.392 e. The van der Waals surface area contributed by atoms with Gasteiger partial charge in [-0.25, -0.2) is 0 Å². The fourth-order valence-corrected chi connectivity index (χ4v) is 2.03. The summed E-state index contributed by atoms with van der Waals surface area (Å²) in [5, 5.41) is 0. The standard InChI is InChI=1S/C17H20O5/c1-11(18)10-13(19)22-16(21)14(17(2,3)4)15(20)12-8-6-5-7-9-12/h5-9,14H,10H2,1-4H3. The molecule has 1 unspecified atom stereocenters. The number of Topliss-reactive ketones (excluding diaryl/α,β-unsaturated/α-hetero) is 2. The van der Waals surface area contributed by atoms with E-state index in [0.29, 0.717) is 5.56 Å². The summed E-state index contributed by atoms with van der Waals surface area (Å²) in [6, 6.07) is 8.35. The lowest BCUT2D eigenvalue weighted by atomic mass is 9.76. The molecule has 22 heavy (non-hydrogen) atoms. The molecule has 1 rings (SSSR count). The lowest BCUT2D eigenvalue weighted by Gasteiger charge is -2.27. The third-order valence-electron chi connectivity index (χ3n) is 3.03. The third kappa shape index (κ3) is 4.91. The van der Waals surface area contributed by atoms with Gasteiger partial charge >= 0.3 is 11.9 Å². The second kappa shape index (κ2) is 7.11. The van der Waals surface area contributed by atoms with Crippen LogP contribution in [0.1, 0.15) is 44.5 Å². The highest BCUT2D eigenvalue weighted by atomic mass is 16.6. The Morgan fingerprint density at radius 1 is 1.05 bits per heavy atom. The molecule has 0 bridgehead atoms. The first kappa shape index (κ1) is 17.8. The average Bonchev–Trinajstić information content (AvgIpc) is 2.36. The molecule has 0 spiro atoms. The van der Waals surface area contributed by atoms with Crippen molar-refractivity contribution in [1.82, 2.24) is 0 Å². The van der Waals surface area contributed by atoms with Crippen molar-refractivity contribution in [3.63, 3.8) is 0 Å². The van der Waals surface area contributed by atoms with E-state index >= 15 is 0 Å². The van der Waals surface area contributed by atoms with E-state index in [0.717, 1.165) is 0 Å². The Hall–Kier alpha value is -2.30. The fourth-order valence-electron chi connectivity index (χ4n) is 2.03. The summed E-state index contributed by atoms with van der Waals surface area (Å²) in [5.41, 5.74) is -0.348. The van der Waals surface area contributed by atoms with Crippen molar-refractivity contribution in [2.75, 3.05) is 0 Å². The van der Waals surface area contributed by atoms with E-state index < -0.39 is 41.3 Å². The molecule has 118 valence electrons. The normalized spacial score (nSPS) is 12.4. The summed E-state index contributed by atoms with van der Waals surface area (Å²) < 4.78 is 4.67. The highest BCUT2D eigenvalue weighted by Crippen LogP contribution is 2.30. The summed E-state index contributed by atoms with van der Waals surface area (Å²) >= 11 is 0. The van der Waals surface area contributed by atoms with Crippen molar-refractivity contribution < 1.29 is 23.9 Å². The average molecular weight is 304 g/mol. The maximum Gasteiger partial charge on any atom is 0.325 e. The maximum atomic E-state index is 12.6. The lowest BCUT2D eigenvalue weighted by molar-refractivity contribution is -0.163. The van der Waals surface area contributed by atoms with Crippen LogP contribution in [0.25, 0.3) is 0 Å². The summed E-state index contributed by atoms with van der Waals surface area (Å²) in [4.78, 5) is 47.1. The zero-order valence-electron chi connectivity index (χ0n) is 13.2. The number of ketones is 2. The molecule has 5 heteroatoms. The predicted octanol–water partition coefficient (Wildman–Crippen LogP) is 2.58. The molecule has 1 atom stereocenters. The molecule has 0 aliphatic rings. The van der Waals surface area contributed by atoms with Crippen molar-refractivity contribution in [3.05, 3.63) is 35.9 Å². The van der Waals surface area contributed by atoms with E-state index in [4.69, 9.17) is 0 Å². The Morgan fingerprint density at radius 3 is 2.05 bits per heavy atom. The van der Waals surface area contributed by atoms with Gasteiger partial charge < -0.3 is 4.74 Å². The Kier molecular flexibility index (Phi) is 5.74. The van der Waals surface area contributed by atoms with E-state index in [2.05, 4.69) is 4.74 Å². The van der Waals surface area contributed by atoms with Gasteiger partial charge in [0, 0.05) is 5.56 Å². The smallest absolute Gasteiger partial charge is 0.325 e. The van der Waals surface area contributed by atoms with E-state index in [9.17, 15) is 19.2 Å². The van der Waals surface area contributed by atoms with Gasteiger partial charge in [0.05, 0.1) is 0 Å². The van der Waals surface area contributed by atoms with Crippen molar-refractivity contribution in [2.24, 2.45) is 11.3 Å². The number of carbonyl (C=O) groups is 4. The van der Waals surface area contributed by atoms with Crippen LogP contribution in [0.5, 0.6) is 0 Å². The zero-order valence-corrected chi connectivity index (χ0v) is 13.2. The third-order valence-corrected chi connectivity index (χ3v) is 3.03. The summed E-state index contributed by atoms with van der Waals surface area (Å²) in [6.45, 7) is 6.38. The molecule has 0 saturated heterocycles. The number of rotatable bonds is 5. The largest absolute Gasteiger partial charge is 0.392 e. The van der Waals surface area contributed by atoms with E-state index in [1.165, 1.54) is 6.92 Å². The van der Waals surface area contributed by atoms with Gasteiger partial charge in [0.1, 0.15) is 18.1 Å². The van der Waals surface area contributed by atoms with Crippen LogP contribution in [-0.2, 0) is 19.1 Å². The molecule has 0 aliphatic heterocycles. The predicted molar refractivity (Wildman–Crippen MR) is 80.1 cm³/mol. The summed E-state index contributed by atoms with van der Waals surface area (Å²) in [6.07, 6.45) is -0.484. The molecule has 0 heterocycles. The summed E-state index contributed by atoms with van der Waals surface area (Å²) in [5.74, 6) is -3.79. The maximum absolute atomic E-state index is 12.6. The molecule has 0 aromatic heterocycles. The Balaban J connectivity index is 2.99. The van der Waals surface area contributed by atoms with Crippen molar-refractivity contribution in [1.29, 1.82) is 0 Å². The first-order valence-corrected chi connectivity index (χ1v) is 6.96. The van der Waals surface area contributed by atoms with Crippen LogP contribution in [0.4, 0.5) is 0 Å². The van der Waals surface area contributed by atoms with Crippen molar-refractivity contribution in [3.8, 4) is 0 Å². The SMILES string of the molecule is CC(=O)CC(=O)OC(=O)C(C(=O)c1ccccc1)C(C)(C)C. The molecule has 0 amide bonds. The van der Waals surface area contributed by atoms with Crippen LogP contribution < -0.4 is 0 Å². The van der Waals surface area contributed by atoms with Crippen LogP contribution in [0.3, 0.4) is 0 Å². The molecule has 0 N–H and O–H groups in total. The number of ether oxygens (including phenoxy) is 1. The van der Waals surface area contributed by atoms with Gasteiger partial charge in [-0.3, -0.25) is 19.2 Å². The highest BCUT2D eigenvalue weighted by Gasteiger charge is 2.40. The lowest BCUT2D eigenvalue weighted by Crippen LogP contribution is -2.38. The van der Waals surface area contributed by atoms with Crippen LogP contribution >= 0.6 is 0 Å². The number of carbonyl (C=O) groups excluding carboxylic acids is 4. The van der Waals surface area contributed by atoms with Gasteiger partial charge in [-0.05, 0) is 12.3 Å². The first-order valence-electron chi connectivity index (χ1n) is 6.96. The Labute approximate surface area is 129 Å². The van der Waals surface area contributed by atoms with E-state index in [-0.39, 0.29) is 0 Å². The van der Waals surface area contributed by atoms with Crippen LogP contribution in [0, 0.1) is 11.3 Å². The molecule has 1 aromatic carbocycles. The second-order valence-electron chi connectivity index (χ2n) is 6.20. The van der Waals surface area contributed by atoms with Crippen LogP contribution in [0.15, 0.2) is 30.3 Å². The van der Waals surface area contributed by atoms with Crippen LogP contribution in [0.2, 0.25) is 0 Å². The number of esters is 2. The molecular formula is C17H20O5. The topological polar surface area (TPSA) is 77.5 Å². The zero-order chi connectivity index (χ0) is 16.9. The number of hydrogen-bond acceptors (Lipinski definition) is 5. The minimum atomic E-state index is -1.12. The monoisotopic (exact) mass is 304 g/mol. The number of hydrogen-bond donors (Lipinski definition) is 0. The molecule has 0 saturated carbocycles. The molecule has 1 aromatic rings. The molecule has 0 aliphatic carbocycles. The first-order chi connectivity index (χ1) is 10.1. The van der Waals surface area contributed by atoms with Gasteiger partial charge in [0.25, 0.3) is 0 Å². The Morgan fingerprint density at radius 2 is 1.59 bits per heavy atom. The minimum absolute atomic E-state index is 0.374. The molecular weight excluding hydrogens is 284 g/mol. The highest BCUT2D eigenvalue weighted by molar-refractivity contribution is 6.11. The second-order valence-corrected chi connectivity index (χ2v) is 6.20. The van der Waals surface area contributed by atoms with Crippen LogP contribution in [-0.4, -0.2) is 23.5 Å². The number of benzene rings is 1. The molecule has 5 nitrogen and oxygen atoms in total. The van der Waals surface area contributed by atoms with E-state index in [1.807, 2.05) is 0 Å². The Bertz CT molecular complexity index is 581. The van der Waals surface area contributed by atoms with Gasteiger partial charge in [-0.2, -0.15) is 0 Å².